The highest BCUT2D eigenvalue weighted by molar-refractivity contribution is 7.80. The zero-order chi connectivity index (χ0) is 16.2. The summed E-state index contributed by atoms with van der Waals surface area (Å²) < 4.78 is 44.0. The highest BCUT2D eigenvalue weighted by Gasteiger charge is 2.44. The molecule has 1 amide bonds. The van der Waals surface area contributed by atoms with Crippen LogP contribution in [-0.4, -0.2) is 60.4 Å². The van der Waals surface area contributed by atoms with Crippen LogP contribution in [0.5, 0.6) is 0 Å². The lowest BCUT2D eigenvalue weighted by Gasteiger charge is -2.37. The van der Waals surface area contributed by atoms with Crippen LogP contribution >= 0.6 is 12.2 Å². The second kappa shape index (κ2) is 7.37. The van der Waals surface area contributed by atoms with Crippen LogP contribution in [0, 0.1) is 5.92 Å². The van der Waals surface area contributed by atoms with Crippen molar-refractivity contribution in [3.05, 3.63) is 0 Å². The van der Waals surface area contributed by atoms with Crippen molar-refractivity contribution in [1.29, 1.82) is 0 Å². The Morgan fingerprint density at radius 2 is 2.14 bits per heavy atom. The van der Waals surface area contributed by atoms with Gasteiger partial charge in [0.1, 0.15) is 12.0 Å². The summed E-state index contributed by atoms with van der Waals surface area (Å²) in [6.07, 6.45) is -4.52. The Kier molecular flexibility index (Phi) is 6.36. The van der Waals surface area contributed by atoms with Gasteiger partial charge in [0.15, 0.2) is 0 Å². The molecule has 1 aliphatic rings. The van der Waals surface area contributed by atoms with Crippen molar-refractivity contribution in [2.75, 3.05) is 26.3 Å². The van der Waals surface area contributed by atoms with E-state index < -0.39 is 29.7 Å². The SMILES string of the molecule is CC(C)NC(=O)C1COCCN1CC(C(N)=S)C(F)(F)F. The number of ether oxygens (including phenoxy) is 1. The third kappa shape index (κ3) is 5.40. The molecule has 21 heavy (non-hydrogen) atoms. The van der Waals surface area contributed by atoms with Crippen molar-refractivity contribution in [3.63, 3.8) is 0 Å². The lowest BCUT2D eigenvalue weighted by atomic mass is 10.1. The molecule has 0 aromatic rings. The largest absolute Gasteiger partial charge is 0.399 e. The molecule has 1 rings (SSSR count). The summed E-state index contributed by atoms with van der Waals surface area (Å²) in [5.74, 6) is -2.28. The molecule has 0 aliphatic carbocycles. The highest BCUT2D eigenvalue weighted by Crippen LogP contribution is 2.28. The molecule has 5 nitrogen and oxygen atoms in total. The van der Waals surface area contributed by atoms with E-state index in [9.17, 15) is 18.0 Å². The number of alkyl halides is 3. The van der Waals surface area contributed by atoms with Gasteiger partial charge in [-0.3, -0.25) is 9.69 Å². The van der Waals surface area contributed by atoms with Crippen LogP contribution in [0.1, 0.15) is 13.8 Å². The third-order valence-corrected chi connectivity index (χ3v) is 3.41. The fourth-order valence-corrected chi connectivity index (χ4v) is 2.28. The lowest BCUT2D eigenvalue weighted by Crippen LogP contribution is -2.57. The van der Waals surface area contributed by atoms with E-state index in [-0.39, 0.29) is 31.7 Å². The van der Waals surface area contributed by atoms with Crippen LogP contribution in [0.2, 0.25) is 0 Å². The molecule has 3 N–H and O–H groups in total. The van der Waals surface area contributed by atoms with Crippen LogP contribution in [0.4, 0.5) is 13.2 Å². The summed E-state index contributed by atoms with van der Waals surface area (Å²) in [4.78, 5) is 12.9. The summed E-state index contributed by atoms with van der Waals surface area (Å²) in [5.41, 5.74) is 5.20. The Morgan fingerprint density at radius 1 is 1.52 bits per heavy atom. The van der Waals surface area contributed by atoms with E-state index in [2.05, 4.69) is 17.5 Å². The van der Waals surface area contributed by atoms with Gasteiger partial charge >= 0.3 is 6.18 Å². The molecule has 1 aliphatic heterocycles. The fourth-order valence-electron chi connectivity index (χ4n) is 2.07. The van der Waals surface area contributed by atoms with Gasteiger partial charge in [-0.05, 0) is 13.8 Å². The molecular weight excluding hydrogens is 307 g/mol. The fraction of sp³-hybridized carbons (Fsp3) is 0.833. The van der Waals surface area contributed by atoms with Gasteiger partial charge in [0.25, 0.3) is 0 Å². The molecule has 1 saturated heterocycles. The topological polar surface area (TPSA) is 67.6 Å². The van der Waals surface area contributed by atoms with E-state index in [1.165, 1.54) is 4.90 Å². The van der Waals surface area contributed by atoms with Gasteiger partial charge in [-0.25, -0.2) is 0 Å². The average Bonchev–Trinajstić information content (AvgIpc) is 2.33. The summed E-state index contributed by atoms with van der Waals surface area (Å²) in [7, 11) is 0. The zero-order valence-electron chi connectivity index (χ0n) is 11.9. The second-order valence-electron chi connectivity index (χ2n) is 5.25. The number of amides is 1. The Labute approximate surface area is 127 Å². The second-order valence-corrected chi connectivity index (χ2v) is 5.72. The molecule has 2 unspecified atom stereocenters. The van der Waals surface area contributed by atoms with E-state index in [1.807, 2.05) is 0 Å². The van der Waals surface area contributed by atoms with E-state index in [0.29, 0.717) is 0 Å². The van der Waals surface area contributed by atoms with Crippen LogP contribution in [0.25, 0.3) is 0 Å². The average molecular weight is 327 g/mol. The maximum Gasteiger partial charge on any atom is 0.399 e. The molecule has 2 atom stereocenters. The van der Waals surface area contributed by atoms with E-state index in [4.69, 9.17) is 10.5 Å². The number of nitrogens with two attached hydrogens (primary N) is 1. The monoisotopic (exact) mass is 327 g/mol. The summed E-state index contributed by atoms with van der Waals surface area (Å²) in [5, 5.41) is 2.68. The van der Waals surface area contributed by atoms with E-state index in [1.54, 1.807) is 13.8 Å². The summed E-state index contributed by atoms with van der Waals surface area (Å²) in [6.45, 7) is 3.68. The molecule has 0 bridgehead atoms. The predicted molar refractivity (Wildman–Crippen MR) is 75.8 cm³/mol. The van der Waals surface area contributed by atoms with Crippen LogP contribution in [-0.2, 0) is 9.53 Å². The molecule has 0 aromatic heterocycles. The van der Waals surface area contributed by atoms with Crippen molar-refractivity contribution in [2.24, 2.45) is 11.7 Å². The Bertz CT molecular complexity index is 390. The Morgan fingerprint density at radius 3 is 2.62 bits per heavy atom. The molecule has 0 spiro atoms. The first kappa shape index (κ1) is 18.1. The van der Waals surface area contributed by atoms with Crippen molar-refractivity contribution in [2.45, 2.75) is 32.1 Å². The molecule has 122 valence electrons. The van der Waals surface area contributed by atoms with E-state index >= 15 is 0 Å². The standard InChI is InChI=1S/C12H20F3N3O2S/c1-7(2)17-11(19)9-6-20-4-3-18(9)5-8(10(16)21)12(13,14)15/h7-9H,3-6H2,1-2H3,(H2,16,21)(H,17,19). The quantitative estimate of drug-likeness (QED) is 0.727. The van der Waals surface area contributed by atoms with Gasteiger partial charge < -0.3 is 15.8 Å². The van der Waals surface area contributed by atoms with Gasteiger partial charge in [-0.2, -0.15) is 13.2 Å². The number of nitrogens with zero attached hydrogens (tertiary/aromatic N) is 1. The number of hydrogen-bond donors (Lipinski definition) is 2. The number of thiocarbonyl (C=S) groups is 1. The number of rotatable bonds is 5. The molecule has 0 radical (unpaired) electrons. The number of hydrogen-bond acceptors (Lipinski definition) is 4. The Balaban J connectivity index is 2.81. The molecule has 1 heterocycles. The maximum absolute atomic E-state index is 12.9. The number of halogens is 3. The Hall–Kier alpha value is -0.930. The van der Waals surface area contributed by atoms with Crippen molar-refractivity contribution >= 4 is 23.1 Å². The maximum atomic E-state index is 12.9. The van der Waals surface area contributed by atoms with Crippen molar-refractivity contribution in [3.8, 4) is 0 Å². The molecule has 0 aromatic carbocycles. The number of morpholine rings is 1. The zero-order valence-corrected chi connectivity index (χ0v) is 12.8. The van der Waals surface area contributed by atoms with Crippen LogP contribution in [0.15, 0.2) is 0 Å². The first-order valence-corrected chi connectivity index (χ1v) is 7.02. The lowest BCUT2D eigenvalue weighted by molar-refractivity contribution is -0.166. The summed E-state index contributed by atoms with van der Waals surface area (Å²) in [6, 6.07) is -0.865. The normalized spacial score (nSPS) is 22.1. The molecule has 9 heteroatoms. The van der Waals surface area contributed by atoms with E-state index in [0.717, 1.165) is 0 Å². The minimum Gasteiger partial charge on any atom is -0.393 e. The minimum absolute atomic E-state index is 0.0560. The molecular formula is C12H20F3N3O2S. The minimum atomic E-state index is -4.52. The van der Waals surface area contributed by atoms with Gasteiger partial charge in [0.05, 0.1) is 18.2 Å². The van der Waals surface area contributed by atoms with Crippen LogP contribution in [0.3, 0.4) is 0 Å². The number of carbonyl (C=O) groups is 1. The summed E-state index contributed by atoms with van der Waals surface area (Å²) >= 11 is 4.51. The molecule has 1 fully saturated rings. The predicted octanol–water partition coefficient (Wildman–Crippen LogP) is 0.676. The van der Waals surface area contributed by atoms with Gasteiger partial charge in [-0.15, -0.1) is 0 Å². The molecule has 0 saturated carbocycles. The van der Waals surface area contributed by atoms with Gasteiger partial charge in [-0.1, -0.05) is 12.2 Å². The van der Waals surface area contributed by atoms with Crippen molar-refractivity contribution < 1.29 is 22.7 Å². The first-order chi connectivity index (χ1) is 9.62. The highest BCUT2D eigenvalue weighted by atomic mass is 32.1. The first-order valence-electron chi connectivity index (χ1n) is 6.61. The third-order valence-electron chi connectivity index (χ3n) is 3.13. The smallest absolute Gasteiger partial charge is 0.393 e. The van der Waals surface area contributed by atoms with Gasteiger partial charge in [0.2, 0.25) is 5.91 Å². The van der Waals surface area contributed by atoms with Crippen LogP contribution < -0.4 is 11.1 Å². The van der Waals surface area contributed by atoms with Crippen molar-refractivity contribution in [1.82, 2.24) is 10.2 Å². The van der Waals surface area contributed by atoms with Gasteiger partial charge in [0, 0.05) is 19.1 Å². The number of nitrogens with one attached hydrogen (secondary N) is 1. The number of carbonyl (C=O) groups excluding carboxylic acids is 1.